The van der Waals surface area contributed by atoms with Crippen molar-refractivity contribution < 1.29 is 14.3 Å². The number of anilines is 2. The number of fused-ring (bicyclic) bond motifs is 4. The van der Waals surface area contributed by atoms with E-state index in [4.69, 9.17) is 21.4 Å². The summed E-state index contributed by atoms with van der Waals surface area (Å²) in [5.74, 6) is 0.0717. The molecule has 1 amide bonds. The van der Waals surface area contributed by atoms with E-state index < -0.39 is 5.41 Å². The number of hydrogen-bond donors (Lipinski definition) is 0. The number of carbonyl (C=O) groups excluding carboxylic acids is 2. The third-order valence-electron chi connectivity index (χ3n) is 8.57. The largest absolute Gasteiger partial charge is 0.462 e. The molecule has 1 saturated heterocycles. The Morgan fingerprint density at radius 3 is 2.62 bits per heavy atom. The molecule has 0 bridgehead atoms. The Hall–Kier alpha value is -3.64. The Kier molecular flexibility index (Phi) is 6.67. The molecule has 1 spiro atoms. The molecule has 3 heterocycles. The number of hydrazone groups is 1. The molecular formula is C32H32ClN3O3. The Labute approximate surface area is 234 Å². The summed E-state index contributed by atoms with van der Waals surface area (Å²) in [6, 6.07) is 23.5. The van der Waals surface area contributed by atoms with Crippen molar-refractivity contribution in [3.63, 3.8) is 0 Å². The summed E-state index contributed by atoms with van der Waals surface area (Å²) in [6.07, 6.45) is 3.53. The maximum atomic E-state index is 14.5. The molecule has 3 aromatic rings. The van der Waals surface area contributed by atoms with Crippen LogP contribution in [0, 0.1) is 11.3 Å². The highest BCUT2D eigenvalue weighted by Gasteiger charge is 2.59. The van der Waals surface area contributed by atoms with Crippen LogP contribution in [0.3, 0.4) is 0 Å². The highest BCUT2D eigenvalue weighted by Crippen LogP contribution is 2.51. The van der Waals surface area contributed by atoms with E-state index in [0.717, 1.165) is 42.8 Å². The van der Waals surface area contributed by atoms with Crippen LogP contribution in [0.4, 0.5) is 11.4 Å². The van der Waals surface area contributed by atoms with E-state index in [1.807, 2.05) is 25.1 Å². The molecule has 200 valence electrons. The van der Waals surface area contributed by atoms with Crippen molar-refractivity contribution >= 4 is 40.6 Å². The van der Waals surface area contributed by atoms with E-state index in [1.165, 1.54) is 10.6 Å². The first-order valence-corrected chi connectivity index (χ1v) is 14.0. The van der Waals surface area contributed by atoms with Gasteiger partial charge in [-0.05, 0) is 93.0 Å². The van der Waals surface area contributed by atoms with Crippen LogP contribution in [0.2, 0.25) is 5.02 Å². The Morgan fingerprint density at radius 1 is 1.10 bits per heavy atom. The average Bonchev–Trinajstić information content (AvgIpc) is 3.20. The van der Waals surface area contributed by atoms with Crippen molar-refractivity contribution in [1.29, 1.82) is 0 Å². The molecule has 3 aromatic carbocycles. The van der Waals surface area contributed by atoms with Crippen LogP contribution >= 0.6 is 11.6 Å². The number of benzene rings is 3. The topological polar surface area (TPSA) is 62.2 Å². The predicted octanol–water partition coefficient (Wildman–Crippen LogP) is 6.31. The monoisotopic (exact) mass is 541 g/mol. The van der Waals surface area contributed by atoms with Gasteiger partial charge in [0, 0.05) is 23.3 Å². The molecule has 1 fully saturated rings. The summed E-state index contributed by atoms with van der Waals surface area (Å²) >= 11 is 6.45. The summed E-state index contributed by atoms with van der Waals surface area (Å²) in [5, 5.41) is 7.09. The average molecular weight is 542 g/mol. The molecule has 3 aliphatic heterocycles. The van der Waals surface area contributed by atoms with Crippen molar-refractivity contribution in [3.05, 3.63) is 94.5 Å². The summed E-state index contributed by atoms with van der Waals surface area (Å²) in [6.45, 7) is 4.95. The van der Waals surface area contributed by atoms with Gasteiger partial charge >= 0.3 is 5.97 Å². The van der Waals surface area contributed by atoms with E-state index in [0.29, 0.717) is 35.2 Å². The van der Waals surface area contributed by atoms with Crippen LogP contribution < -0.4 is 9.91 Å². The van der Waals surface area contributed by atoms with Crippen LogP contribution in [0.15, 0.2) is 77.9 Å². The fraction of sp³-hybridized carbons (Fsp3) is 0.344. The molecule has 39 heavy (non-hydrogen) atoms. The summed E-state index contributed by atoms with van der Waals surface area (Å²) < 4.78 is 5.11. The number of hydrogen-bond acceptors (Lipinski definition) is 5. The van der Waals surface area contributed by atoms with Crippen LogP contribution in [0.5, 0.6) is 0 Å². The predicted molar refractivity (Wildman–Crippen MR) is 155 cm³/mol. The second-order valence-electron chi connectivity index (χ2n) is 10.8. The molecule has 0 unspecified atom stereocenters. The van der Waals surface area contributed by atoms with Crippen molar-refractivity contribution in [2.45, 2.75) is 45.6 Å². The fourth-order valence-electron chi connectivity index (χ4n) is 6.64. The molecule has 3 atom stereocenters. The van der Waals surface area contributed by atoms with Gasteiger partial charge in [0.25, 0.3) is 5.91 Å². The third-order valence-corrected chi connectivity index (χ3v) is 8.80. The highest BCUT2D eigenvalue weighted by molar-refractivity contribution is 6.31. The van der Waals surface area contributed by atoms with Gasteiger partial charge in [-0.3, -0.25) is 4.79 Å². The summed E-state index contributed by atoms with van der Waals surface area (Å²) in [4.78, 5) is 29.0. The van der Waals surface area contributed by atoms with E-state index >= 15 is 0 Å². The number of amides is 1. The molecule has 6 nitrogen and oxygen atoms in total. The van der Waals surface area contributed by atoms with E-state index in [-0.39, 0.29) is 17.9 Å². The molecule has 7 heteroatoms. The van der Waals surface area contributed by atoms with Gasteiger partial charge in [-0.25, -0.2) is 4.79 Å². The molecule has 3 aliphatic rings. The van der Waals surface area contributed by atoms with Crippen LogP contribution in [0.25, 0.3) is 0 Å². The smallest absolute Gasteiger partial charge is 0.338 e. The number of carbonyl (C=O) groups is 2. The molecular weight excluding hydrogens is 510 g/mol. The summed E-state index contributed by atoms with van der Waals surface area (Å²) in [5.41, 5.74) is 4.75. The number of ether oxygens (including phenoxy) is 1. The zero-order chi connectivity index (χ0) is 27.1. The number of esters is 1. The molecule has 0 radical (unpaired) electrons. The van der Waals surface area contributed by atoms with Gasteiger partial charge in [-0.1, -0.05) is 48.0 Å². The van der Waals surface area contributed by atoms with Crippen molar-refractivity contribution in [3.8, 4) is 0 Å². The molecule has 6 rings (SSSR count). The lowest BCUT2D eigenvalue weighted by molar-refractivity contribution is -0.125. The van der Waals surface area contributed by atoms with Gasteiger partial charge in [-0.15, -0.1) is 0 Å². The van der Waals surface area contributed by atoms with Crippen LogP contribution in [0.1, 0.15) is 48.2 Å². The first-order valence-electron chi connectivity index (χ1n) is 13.7. The lowest BCUT2D eigenvalue weighted by atomic mass is 9.64. The molecule has 0 aromatic heterocycles. The zero-order valence-electron chi connectivity index (χ0n) is 22.3. The third kappa shape index (κ3) is 4.41. The van der Waals surface area contributed by atoms with E-state index in [2.05, 4.69) is 35.2 Å². The Balaban J connectivity index is 1.36. The first-order chi connectivity index (χ1) is 18.9. The molecule has 0 aliphatic carbocycles. The highest BCUT2D eigenvalue weighted by atomic mass is 35.5. The number of piperidine rings is 1. The minimum Gasteiger partial charge on any atom is -0.462 e. The Morgan fingerprint density at radius 2 is 1.87 bits per heavy atom. The van der Waals surface area contributed by atoms with Gasteiger partial charge in [0.15, 0.2) is 0 Å². The van der Waals surface area contributed by atoms with Crippen molar-refractivity contribution in [2.24, 2.45) is 16.4 Å². The quantitative estimate of drug-likeness (QED) is 0.355. The van der Waals surface area contributed by atoms with Gasteiger partial charge in [0.2, 0.25) is 0 Å². The lowest BCUT2D eigenvalue weighted by Crippen LogP contribution is -2.62. The second-order valence-corrected chi connectivity index (χ2v) is 11.2. The minimum absolute atomic E-state index is 0.0140. The summed E-state index contributed by atoms with van der Waals surface area (Å²) in [7, 11) is 0. The van der Waals surface area contributed by atoms with E-state index in [9.17, 15) is 9.59 Å². The number of rotatable bonds is 5. The van der Waals surface area contributed by atoms with Gasteiger partial charge in [-0.2, -0.15) is 10.1 Å². The second kappa shape index (κ2) is 10.2. The number of nitrogens with zero attached hydrogens (tertiary/aromatic N) is 3. The van der Waals surface area contributed by atoms with Crippen molar-refractivity contribution in [1.82, 2.24) is 0 Å². The van der Waals surface area contributed by atoms with Gasteiger partial charge in [0.05, 0.1) is 23.6 Å². The van der Waals surface area contributed by atoms with E-state index in [1.54, 1.807) is 31.2 Å². The van der Waals surface area contributed by atoms with Crippen LogP contribution in [-0.4, -0.2) is 36.8 Å². The normalized spacial score (nSPS) is 23.9. The SMILES string of the molecule is CCOC(=O)c1ccc(N2N=C(C)[C@]3(Cc4ccc(Cl)cc4N4CC[C@H](Cc5ccccc5)C[C@H]43)C2=O)cc1. The zero-order valence-corrected chi connectivity index (χ0v) is 23.0. The van der Waals surface area contributed by atoms with Crippen molar-refractivity contribution in [2.75, 3.05) is 23.1 Å². The first kappa shape index (κ1) is 25.6. The van der Waals surface area contributed by atoms with Gasteiger partial charge < -0.3 is 9.64 Å². The number of halogens is 1. The van der Waals surface area contributed by atoms with Gasteiger partial charge in [0.1, 0.15) is 5.41 Å². The van der Waals surface area contributed by atoms with Crippen LogP contribution in [-0.2, 0) is 22.4 Å². The molecule has 0 N–H and O–H groups in total. The standard InChI is InChI=1S/C32H32ClN3O3/c1-3-39-30(37)24-10-13-27(14-11-24)36-31(38)32(21(2)34-36)20-25-9-12-26(33)19-28(25)35-16-15-23(18-29(32)35)17-22-7-5-4-6-8-22/h4-14,19,23,29H,3,15-18,20H2,1-2H3/t23-,29+,32+/m1/s1. The molecule has 0 saturated carbocycles. The fourth-order valence-corrected chi connectivity index (χ4v) is 6.81. The maximum absolute atomic E-state index is 14.5. The maximum Gasteiger partial charge on any atom is 0.338 e. The Bertz CT molecular complexity index is 1440. The lowest BCUT2D eigenvalue weighted by Gasteiger charge is -2.52. The minimum atomic E-state index is -0.768.